The second-order valence-electron chi connectivity index (χ2n) is 5.96. The van der Waals surface area contributed by atoms with Crippen molar-refractivity contribution in [2.75, 3.05) is 6.61 Å². The minimum Gasteiger partial charge on any atom is -0.394 e. The average molecular weight is 303 g/mol. The molecule has 1 saturated heterocycles. The van der Waals surface area contributed by atoms with Crippen LogP contribution in [0.2, 0.25) is 0 Å². The van der Waals surface area contributed by atoms with E-state index < -0.39 is 24.4 Å². The molecule has 0 aliphatic carbocycles. The van der Waals surface area contributed by atoms with Gasteiger partial charge in [0.15, 0.2) is 0 Å². The standard InChI is InChI=1S/C16H31O5/c1-2-3-4-5-6-7-8-9-10-12-14(18)16(20)15(19)13(11-17)21-12/h13-20H,2-11H2,1H3/t13-,14+,15+,16-/m1/s1. The lowest BCUT2D eigenvalue weighted by Gasteiger charge is -2.39. The van der Waals surface area contributed by atoms with Gasteiger partial charge in [0.25, 0.3) is 0 Å². The Balaban J connectivity index is 2.16. The number of aliphatic hydroxyl groups excluding tert-OH is 4. The van der Waals surface area contributed by atoms with Crippen LogP contribution in [0.5, 0.6) is 0 Å². The van der Waals surface area contributed by atoms with Crippen molar-refractivity contribution in [1.29, 1.82) is 0 Å². The number of hydrogen-bond acceptors (Lipinski definition) is 5. The van der Waals surface area contributed by atoms with E-state index >= 15 is 0 Å². The van der Waals surface area contributed by atoms with E-state index in [0.29, 0.717) is 12.5 Å². The summed E-state index contributed by atoms with van der Waals surface area (Å²) in [5.74, 6) is 0. The monoisotopic (exact) mass is 303 g/mol. The molecule has 1 rings (SSSR count). The summed E-state index contributed by atoms with van der Waals surface area (Å²) in [5, 5.41) is 38.3. The Hall–Kier alpha value is -0.200. The fourth-order valence-electron chi connectivity index (χ4n) is 2.72. The lowest BCUT2D eigenvalue weighted by Crippen LogP contribution is -2.55. The molecular weight excluding hydrogens is 272 g/mol. The number of rotatable bonds is 10. The molecule has 0 amide bonds. The van der Waals surface area contributed by atoms with Gasteiger partial charge < -0.3 is 25.2 Å². The molecule has 5 heteroatoms. The first-order chi connectivity index (χ1) is 10.1. The highest BCUT2D eigenvalue weighted by Crippen LogP contribution is 2.30. The zero-order valence-corrected chi connectivity index (χ0v) is 13.1. The maximum Gasteiger partial charge on any atom is 0.129 e. The van der Waals surface area contributed by atoms with Crippen LogP contribution >= 0.6 is 0 Å². The normalized spacial score (nSPS) is 30.7. The zero-order chi connectivity index (χ0) is 15.7. The van der Waals surface area contributed by atoms with Crippen molar-refractivity contribution in [2.45, 2.75) is 89.1 Å². The molecule has 125 valence electrons. The van der Waals surface area contributed by atoms with Crippen molar-refractivity contribution in [3.05, 3.63) is 6.10 Å². The minimum atomic E-state index is -1.28. The fourth-order valence-corrected chi connectivity index (χ4v) is 2.72. The van der Waals surface area contributed by atoms with Crippen molar-refractivity contribution in [2.24, 2.45) is 0 Å². The first-order valence-electron chi connectivity index (χ1n) is 8.29. The molecule has 4 N–H and O–H groups in total. The lowest BCUT2D eigenvalue weighted by atomic mass is 9.92. The second kappa shape index (κ2) is 10.5. The highest BCUT2D eigenvalue weighted by atomic mass is 16.5. The highest BCUT2D eigenvalue weighted by molar-refractivity contribution is 5.01. The summed E-state index contributed by atoms with van der Waals surface area (Å²) < 4.78 is 5.40. The smallest absolute Gasteiger partial charge is 0.129 e. The zero-order valence-electron chi connectivity index (χ0n) is 13.1. The largest absolute Gasteiger partial charge is 0.394 e. The predicted octanol–water partition coefficient (Wildman–Crippen LogP) is 1.52. The summed E-state index contributed by atoms with van der Waals surface area (Å²) in [6.07, 6.45) is 5.94. The van der Waals surface area contributed by atoms with Crippen LogP contribution < -0.4 is 0 Å². The van der Waals surface area contributed by atoms with Crippen LogP contribution in [-0.2, 0) is 4.74 Å². The first kappa shape index (κ1) is 18.8. The Kier molecular flexibility index (Phi) is 9.44. The van der Waals surface area contributed by atoms with E-state index in [1.54, 1.807) is 0 Å². The summed E-state index contributed by atoms with van der Waals surface area (Å²) in [6.45, 7) is 1.84. The summed E-state index contributed by atoms with van der Waals surface area (Å²) in [5.41, 5.74) is 0. The third-order valence-electron chi connectivity index (χ3n) is 4.14. The molecule has 21 heavy (non-hydrogen) atoms. The Labute approximate surface area is 127 Å². The van der Waals surface area contributed by atoms with Gasteiger partial charge in [0.1, 0.15) is 30.5 Å². The molecule has 0 bridgehead atoms. The molecule has 1 heterocycles. The van der Waals surface area contributed by atoms with Crippen LogP contribution in [0.4, 0.5) is 0 Å². The van der Waals surface area contributed by atoms with Gasteiger partial charge in [0.2, 0.25) is 0 Å². The van der Waals surface area contributed by atoms with Gasteiger partial charge in [-0.15, -0.1) is 0 Å². The second-order valence-corrected chi connectivity index (χ2v) is 5.96. The van der Waals surface area contributed by atoms with Gasteiger partial charge in [-0.05, 0) is 6.42 Å². The van der Waals surface area contributed by atoms with Crippen LogP contribution in [0.3, 0.4) is 0 Å². The molecular formula is C16H31O5. The third kappa shape index (κ3) is 6.20. The van der Waals surface area contributed by atoms with Gasteiger partial charge in [-0.3, -0.25) is 0 Å². The van der Waals surface area contributed by atoms with E-state index in [1.165, 1.54) is 38.5 Å². The third-order valence-corrected chi connectivity index (χ3v) is 4.14. The summed E-state index contributed by atoms with van der Waals surface area (Å²) in [7, 11) is 0. The van der Waals surface area contributed by atoms with Gasteiger partial charge in [-0.2, -0.15) is 0 Å². The van der Waals surface area contributed by atoms with Crippen molar-refractivity contribution in [1.82, 2.24) is 0 Å². The molecule has 0 unspecified atom stereocenters. The molecule has 0 saturated carbocycles. The molecule has 0 spiro atoms. The van der Waals surface area contributed by atoms with E-state index in [2.05, 4.69) is 6.92 Å². The van der Waals surface area contributed by atoms with Gasteiger partial charge >= 0.3 is 0 Å². The average Bonchev–Trinajstić information content (AvgIpc) is 2.49. The minimum absolute atomic E-state index is 0.369. The summed E-state index contributed by atoms with van der Waals surface area (Å²) >= 11 is 0. The first-order valence-corrected chi connectivity index (χ1v) is 8.29. The van der Waals surface area contributed by atoms with Gasteiger partial charge in [-0.1, -0.05) is 58.3 Å². The molecule has 5 nitrogen and oxygen atoms in total. The predicted molar refractivity (Wildman–Crippen MR) is 80.4 cm³/mol. The van der Waals surface area contributed by atoms with Crippen molar-refractivity contribution < 1.29 is 25.2 Å². The molecule has 4 atom stereocenters. The number of hydrogen-bond donors (Lipinski definition) is 4. The van der Waals surface area contributed by atoms with E-state index in [9.17, 15) is 15.3 Å². The quantitative estimate of drug-likeness (QED) is 0.459. The van der Waals surface area contributed by atoms with Crippen LogP contribution in [-0.4, -0.2) is 51.4 Å². The maximum atomic E-state index is 9.87. The summed E-state index contributed by atoms with van der Waals surface area (Å²) in [4.78, 5) is 0. The Bertz CT molecular complexity index is 259. The Morgan fingerprint density at radius 3 is 2.00 bits per heavy atom. The van der Waals surface area contributed by atoms with Crippen LogP contribution in [0.25, 0.3) is 0 Å². The molecule has 1 aliphatic rings. The maximum absolute atomic E-state index is 9.87. The van der Waals surface area contributed by atoms with Crippen molar-refractivity contribution in [3.63, 3.8) is 0 Å². The van der Waals surface area contributed by atoms with Crippen LogP contribution in [0, 0.1) is 6.10 Å². The summed E-state index contributed by atoms with van der Waals surface area (Å²) in [6, 6.07) is 0. The van der Waals surface area contributed by atoms with E-state index in [0.717, 1.165) is 12.8 Å². The van der Waals surface area contributed by atoms with Crippen molar-refractivity contribution >= 4 is 0 Å². The van der Waals surface area contributed by atoms with E-state index in [4.69, 9.17) is 9.84 Å². The van der Waals surface area contributed by atoms with Gasteiger partial charge in [-0.25, -0.2) is 0 Å². The van der Waals surface area contributed by atoms with Crippen LogP contribution in [0.1, 0.15) is 64.7 Å². The van der Waals surface area contributed by atoms with Gasteiger partial charge in [0, 0.05) is 0 Å². The van der Waals surface area contributed by atoms with E-state index in [1.807, 2.05) is 0 Å². The molecule has 0 aromatic rings. The number of ether oxygens (including phenoxy) is 1. The van der Waals surface area contributed by atoms with Crippen LogP contribution in [0.15, 0.2) is 0 Å². The molecule has 0 aromatic carbocycles. The molecule has 1 aliphatic heterocycles. The van der Waals surface area contributed by atoms with Gasteiger partial charge in [0.05, 0.1) is 6.61 Å². The lowest BCUT2D eigenvalue weighted by molar-refractivity contribution is -0.192. The fraction of sp³-hybridized carbons (Fsp3) is 0.938. The molecule has 1 fully saturated rings. The topological polar surface area (TPSA) is 90.2 Å². The number of aliphatic hydroxyl groups is 4. The SMILES string of the molecule is CCCCCCCCCC[C]1O[C@H](CO)[C@H](O)[C@H](O)[C@H]1O. The Morgan fingerprint density at radius 1 is 0.857 bits per heavy atom. The highest BCUT2D eigenvalue weighted by Gasteiger charge is 2.43. The van der Waals surface area contributed by atoms with E-state index in [-0.39, 0.29) is 6.61 Å². The Morgan fingerprint density at radius 2 is 1.43 bits per heavy atom. The molecule has 1 radical (unpaired) electrons. The molecule has 0 aromatic heterocycles. The van der Waals surface area contributed by atoms with Crippen molar-refractivity contribution in [3.8, 4) is 0 Å². The number of unbranched alkanes of at least 4 members (excludes halogenated alkanes) is 7.